The van der Waals surface area contributed by atoms with Gasteiger partial charge in [0.1, 0.15) is 5.78 Å². The molecule has 0 saturated heterocycles. The molecule has 0 unspecified atom stereocenters. The van der Waals surface area contributed by atoms with Crippen LogP contribution >= 0.6 is 0 Å². The molecule has 92 valence electrons. The Morgan fingerprint density at radius 1 is 1.25 bits per heavy atom. The molecule has 0 radical (unpaired) electrons. The van der Waals surface area contributed by atoms with E-state index in [9.17, 15) is 4.79 Å². The predicted octanol–water partition coefficient (Wildman–Crippen LogP) is 4.23. The highest BCUT2D eigenvalue weighted by Gasteiger charge is 2.34. The lowest BCUT2D eigenvalue weighted by atomic mass is 9.81. The maximum absolute atomic E-state index is 11.6. The van der Waals surface area contributed by atoms with E-state index in [1.54, 1.807) is 0 Å². The Morgan fingerprint density at radius 2 is 1.88 bits per heavy atom. The highest BCUT2D eigenvalue weighted by molar-refractivity contribution is 5.81. The fraction of sp³-hybridized carbons (Fsp3) is 0.800. The Hall–Kier alpha value is -0.590. The second-order valence-corrected chi connectivity index (χ2v) is 6.20. The molecule has 0 aliphatic heterocycles. The van der Waals surface area contributed by atoms with E-state index in [0.717, 1.165) is 19.3 Å². The van der Waals surface area contributed by atoms with Gasteiger partial charge in [-0.2, -0.15) is 0 Å². The summed E-state index contributed by atoms with van der Waals surface area (Å²) in [6.45, 7) is 13.1. The van der Waals surface area contributed by atoms with Crippen LogP contribution < -0.4 is 0 Å². The van der Waals surface area contributed by atoms with Gasteiger partial charge in [-0.25, -0.2) is 0 Å². The molecule has 2 atom stereocenters. The molecule has 0 heterocycles. The molecule has 0 bridgehead atoms. The van der Waals surface area contributed by atoms with Crippen molar-refractivity contribution in [2.24, 2.45) is 23.7 Å². The van der Waals surface area contributed by atoms with Crippen LogP contribution in [0.2, 0.25) is 0 Å². The van der Waals surface area contributed by atoms with Gasteiger partial charge in [0, 0.05) is 12.8 Å². The number of carbonyl (C=O) groups is 1. The third-order valence-corrected chi connectivity index (χ3v) is 3.48. The summed E-state index contributed by atoms with van der Waals surface area (Å²) in [6, 6.07) is 0. The molecule has 1 heteroatoms. The summed E-state index contributed by atoms with van der Waals surface area (Å²) in [5.41, 5.74) is 1.31. The molecule has 1 fully saturated rings. The van der Waals surface area contributed by atoms with E-state index < -0.39 is 0 Å². The topological polar surface area (TPSA) is 17.1 Å². The summed E-state index contributed by atoms with van der Waals surface area (Å²) >= 11 is 0. The largest absolute Gasteiger partial charge is 0.300 e. The molecular weight excluding hydrogens is 196 g/mol. The molecule has 0 N–H and O–H groups in total. The first-order valence-electron chi connectivity index (χ1n) is 6.59. The van der Waals surface area contributed by atoms with Crippen molar-refractivity contribution in [2.75, 3.05) is 0 Å². The first-order valence-corrected chi connectivity index (χ1v) is 6.59. The Bertz CT molecular complexity index is 263. The van der Waals surface area contributed by atoms with E-state index in [1.165, 1.54) is 12.0 Å². The summed E-state index contributed by atoms with van der Waals surface area (Å²) in [4.78, 5) is 11.6. The third-order valence-electron chi connectivity index (χ3n) is 3.48. The first kappa shape index (κ1) is 13.5. The van der Waals surface area contributed by atoms with Crippen LogP contribution in [0.3, 0.4) is 0 Å². The minimum Gasteiger partial charge on any atom is -0.300 e. The minimum atomic E-state index is 0.445. The van der Waals surface area contributed by atoms with E-state index in [-0.39, 0.29) is 0 Å². The van der Waals surface area contributed by atoms with Crippen molar-refractivity contribution in [1.29, 1.82) is 0 Å². The van der Waals surface area contributed by atoms with Gasteiger partial charge in [0.15, 0.2) is 0 Å². The fourth-order valence-electron chi connectivity index (χ4n) is 2.94. The van der Waals surface area contributed by atoms with E-state index in [4.69, 9.17) is 0 Å². The van der Waals surface area contributed by atoms with Gasteiger partial charge >= 0.3 is 0 Å². The van der Waals surface area contributed by atoms with Crippen molar-refractivity contribution >= 4 is 5.78 Å². The van der Waals surface area contributed by atoms with Crippen molar-refractivity contribution in [3.05, 3.63) is 12.2 Å². The van der Waals surface area contributed by atoms with Crippen LogP contribution in [0.15, 0.2) is 12.2 Å². The van der Waals surface area contributed by atoms with Crippen LogP contribution in [0.25, 0.3) is 0 Å². The van der Waals surface area contributed by atoms with Gasteiger partial charge in [-0.3, -0.25) is 4.79 Å². The SMILES string of the molecule is C=C(CC(C)C)[C@H]1CC(=O)C[C@@H]1CC(C)C. The normalized spacial score (nSPS) is 25.8. The summed E-state index contributed by atoms with van der Waals surface area (Å²) in [5, 5.41) is 0. The quantitative estimate of drug-likeness (QED) is 0.636. The first-order chi connectivity index (χ1) is 7.40. The van der Waals surface area contributed by atoms with Crippen LogP contribution in [-0.2, 0) is 4.79 Å². The van der Waals surface area contributed by atoms with E-state index >= 15 is 0 Å². The van der Waals surface area contributed by atoms with Crippen molar-refractivity contribution in [3.8, 4) is 0 Å². The minimum absolute atomic E-state index is 0.445. The maximum Gasteiger partial charge on any atom is 0.133 e. The molecule has 1 rings (SSSR count). The average molecular weight is 222 g/mol. The fourth-order valence-corrected chi connectivity index (χ4v) is 2.94. The lowest BCUT2D eigenvalue weighted by Crippen LogP contribution is -2.13. The molecule has 0 amide bonds. The zero-order valence-corrected chi connectivity index (χ0v) is 11.3. The second-order valence-electron chi connectivity index (χ2n) is 6.20. The highest BCUT2D eigenvalue weighted by atomic mass is 16.1. The Labute approximate surface area is 100 Å². The van der Waals surface area contributed by atoms with Gasteiger partial charge in [-0.05, 0) is 36.5 Å². The molecule has 0 spiro atoms. The standard InChI is InChI=1S/C15H26O/c1-10(2)6-12(5)15-9-14(16)8-13(15)7-11(3)4/h10-11,13,15H,5-9H2,1-4H3/t13-,15+/m0/s1. The number of allylic oxidation sites excluding steroid dienone is 1. The van der Waals surface area contributed by atoms with Gasteiger partial charge in [-0.15, -0.1) is 0 Å². The lowest BCUT2D eigenvalue weighted by molar-refractivity contribution is -0.117. The maximum atomic E-state index is 11.6. The second kappa shape index (κ2) is 5.65. The number of carbonyl (C=O) groups excluding carboxylic acids is 1. The molecule has 1 nitrogen and oxygen atoms in total. The highest BCUT2D eigenvalue weighted by Crippen LogP contribution is 2.39. The number of Topliss-reactive ketones (excluding diaryl/α,β-unsaturated/α-hetero) is 1. The van der Waals surface area contributed by atoms with Crippen LogP contribution in [0.5, 0.6) is 0 Å². The lowest BCUT2D eigenvalue weighted by Gasteiger charge is -2.23. The summed E-state index contributed by atoms with van der Waals surface area (Å²) in [6.07, 6.45) is 3.79. The number of hydrogen-bond donors (Lipinski definition) is 0. The molecule has 0 aromatic carbocycles. The van der Waals surface area contributed by atoms with Crippen LogP contribution in [0.4, 0.5) is 0 Å². The molecular formula is C15H26O. The molecule has 1 aliphatic rings. The average Bonchev–Trinajstić information content (AvgIpc) is 2.44. The van der Waals surface area contributed by atoms with Gasteiger partial charge < -0.3 is 0 Å². The predicted molar refractivity (Wildman–Crippen MR) is 69.3 cm³/mol. The van der Waals surface area contributed by atoms with Crippen molar-refractivity contribution in [1.82, 2.24) is 0 Å². The van der Waals surface area contributed by atoms with E-state index in [2.05, 4.69) is 34.3 Å². The smallest absolute Gasteiger partial charge is 0.133 e. The zero-order valence-electron chi connectivity index (χ0n) is 11.3. The van der Waals surface area contributed by atoms with Crippen LogP contribution in [0, 0.1) is 23.7 Å². The van der Waals surface area contributed by atoms with E-state index in [0.29, 0.717) is 29.5 Å². The van der Waals surface area contributed by atoms with Crippen molar-refractivity contribution < 1.29 is 4.79 Å². The number of hydrogen-bond acceptors (Lipinski definition) is 1. The monoisotopic (exact) mass is 222 g/mol. The Kier molecular flexibility index (Phi) is 4.76. The van der Waals surface area contributed by atoms with Crippen molar-refractivity contribution in [3.63, 3.8) is 0 Å². The number of ketones is 1. The summed E-state index contributed by atoms with van der Waals surface area (Å²) in [7, 11) is 0. The van der Waals surface area contributed by atoms with Gasteiger partial charge in [0.05, 0.1) is 0 Å². The third kappa shape index (κ3) is 3.77. The van der Waals surface area contributed by atoms with Crippen LogP contribution in [-0.4, -0.2) is 5.78 Å². The van der Waals surface area contributed by atoms with Gasteiger partial charge in [0.25, 0.3) is 0 Å². The molecule has 0 aromatic rings. The Balaban J connectivity index is 2.61. The van der Waals surface area contributed by atoms with E-state index in [1.807, 2.05) is 0 Å². The number of rotatable bonds is 5. The molecule has 1 aliphatic carbocycles. The Morgan fingerprint density at radius 3 is 2.38 bits per heavy atom. The zero-order chi connectivity index (χ0) is 12.3. The van der Waals surface area contributed by atoms with Gasteiger partial charge in [-0.1, -0.05) is 39.8 Å². The molecule has 16 heavy (non-hydrogen) atoms. The molecule has 0 aromatic heterocycles. The summed E-state index contributed by atoms with van der Waals surface area (Å²) < 4.78 is 0. The summed E-state index contributed by atoms with van der Waals surface area (Å²) in [5.74, 6) is 2.82. The van der Waals surface area contributed by atoms with Crippen molar-refractivity contribution in [2.45, 2.75) is 53.4 Å². The van der Waals surface area contributed by atoms with Crippen LogP contribution in [0.1, 0.15) is 53.4 Å². The molecule has 1 saturated carbocycles. The van der Waals surface area contributed by atoms with Gasteiger partial charge in [0.2, 0.25) is 0 Å².